The molecule has 1 N–H and O–H groups in total. The third kappa shape index (κ3) is 9.77. The molecule has 0 aliphatic rings. The number of carboxylic acid groups (broad SMARTS) is 1. The minimum Gasteiger partial charge on any atom is -0.481 e. The molecule has 0 amide bonds. The molecule has 90 valence electrons. The van der Waals surface area contributed by atoms with Crippen LogP contribution in [-0.2, 0) is 4.79 Å². The second kappa shape index (κ2) is 10.0. The summed E-state index contributed by atoms with van der Waals surface area (Å²) in [6.07, 6.45) is 9.87. The van der Waals surface area contributed by atoms with Crippen molar-refractivity contribution in [3.8, 4) is 0 Å². The monoisotopic (exact) mass is 214 g/mol. The molecule has 0 atom stereocenters. The molecule has 0 heterocycles. The SMILES string of the molecule is CCCCCC(CCCCC)CC(=O)O. The van der Waals surface area contributed by atoms with Crippen LogP contribution in [0, 0.1) is 5.92 Å². The van der Waals surface area contributed by atoms with Crippen LogP contribution in [0.25, 0.3) is 0 Å². The van der Waals surface area contributed by atoms with Crippen molar-refractivity contribution in [2.75, 3.05) is 0 Å². The Kier molecular flexibility index (Phi) is 9.65. The Bertz CT molecular complexity index is 145. The maximum absolute atomic E-state index is 10.7. The van der Waals surface area contributed by atoms with E-state index in [0.29, 0.717) is 12.3 Å². The third-order valence-electron chi connectivity index (χ3n) is 2.90. The summed E-state index contributed by atoms with van der Waals surface area (Å²) in [5.41, 5.74) is 0. The molecule has 0 radical (unpaired) electrons. The molecule has 0 aromatic rings. The molecule has 0 saturated heterocycles. The van der Waals surface area contributed by atoms with Crippen molar-refractivity contribution in [1.29, 1.82) is 0 Å². The molecule has 2 heteroatoms. The standard InChI is InChI=1S/C13H26O2/c1-3-5-7-9-12(11-13(14)15)10-8-6-4-2/h12H,3-11H2,1-2H3,(H,14,15). The lowest BCUT2D eigenvalue weighted by Gasteiger charge is -2.14. The van der Waals surface area contributed by atoms with Crippen LogP contribution < -0.4 is 0 Å². The van der Waals surface area contributed by atoms with Gasteiger partial charge in [0.15, 0.2) is 0 Å². The van der Waals surface area contributed by atoms with E-state index in [1.54, 1.807) is 0 Å². The van der Waals surface area contributed by atoms with E-state index in [1.807, 2.05) is 0 Å². The number of rotatable bonds is 10. The van der Waals surface area contributed by atoms with E-state index in [4.69, 9.17) is 5.11 Å². The van der Waals surface area contributed by atoms with Gasteiger partial charge in [-0.25, -0.2) is 0 Å². The van der Waals surface area contributed by atoms with Gasteiger partial charge in [-0.2, -0.15) is 0 Å². The lowest BCUT2D eigenvalue weighted by Crippen LogP contribution is -2.08. The smallest absolute Gasteiger partial charge is 0.303 e. The Labute approximate surface area is 94.1 Å². The molecule has 0 saturated carbocycles. The number of carbonyl (C=O) groups is 1. The summed E-state index contributed by atoms with van der Waals surface area (Å²) < 4.78 is 0. The summed E-state index contributed by atoms with van der Waals surface area (Å²) in [5, 5.41) is 8.80. The first-order valence-electron chi connectivity index (χ1n) is 6.42. The van der Waals surface area contributed by atoms with Gasteiger partial charge >= 0.3 is 5.97 Å². The first-order valence-corrected chi connectivity index (χ1v) is 6.42. The predicted molar refractivity (Wildman–Crippen MR) is 64.0 cm³/mol. The third-order valence-corrected chi connectivity index (χ3v) is 2.90. The summed E-state index contributed by atoms with van der Waals surface area (Å²) in [6, 6.07) is 0. The van der Waals surface area contributed by atoms with Crippen molar-refractivity contribution < 1.29 is 9.90 Å². The Balaban J connectivity index is 3.68. The van der Waals surface area contributed by atoms with Crippen LogP contribution in [-0.4, -0.2) is 11.1 Å². The molecule has 0 fully saturated rings. The second-order valence-electron chi connectivity index (χ2n) is 4.46. The van der Waals surface area contributed by atoms with Crippen molar-refractivity contribution in [3.63, 3.8) is 0 Å². The molecule has 0 spiro atoms. The lowest BCUT2D eigenvalue weighted by atomic mass is 9.92. The number of unbranched alkanes of at least 4 members (excludes halogenated alkanes) is 4. The van der Waals surface area contributed by atoms with Crippen LogP contribution in [0.3, 0.4) is 0 Å². The number of hydrogen-bond acceptors (Lipinski definition) is 1. The van der Waals surface area contributed by atoms with Gasteiger partial charge in [0, 0.05) is 6.42 Å². The van der Waals surface area contributed by atoms with Gasteiger partial charge in [0.25, 0.3) is 0 Å². The largest absolute Gasteiger partial charge is 0.481 e. The summed E-state index contributed by atoms with van der Waals surface area (Å²) in [5.74, 6) is -0.214. The molecule has 0 rings (SSSR count). The Hall–Kier alpha value is -0.530. The van der Waals surface area contributed by atoms with E-state index in [1.165, 1.54) is 38.5 Å². The fourth-order valence-electron chi connectivity index (χ4n) is 1.96. The highest BCUT2D eigenvalue weighted by Gasteiger charge is 2.12. The summed E-state index contributed by atoms with van der Waals surface area (Å²) in [7, 11) is 0. The van der Waals surface area contributed by atoms with E-state index in [0.717, 1.165) is 12.8 Å². The van der Waals surface area contributed by atoms with Gasteiger partial charge in [0.2, 0.25) is 0 Å². The molecule has 15 heavy (non-hydrogen) atoms. The quantitative estimate of drug-likeness (QED) is 0.552. The fourth-order valence-corrected chi connectivity index (χ4v) is 1.96. The normalized spacial score (nSPS) is 10.9. The molecule has 2 nitrogen and oxygen atoms in total. The Morgan fingerprint density at radius 1 is 1.00 bits per heavy atom. The average Bonchev–Trinajstić information content (AvgIpc) is 2.17. The van der Waals surface area contributed by atoms with Crippen molar-refractivity contribution in [3.05, 3.63) is 0 Å². The molecule has 0 aromatic carbocycles. The topological polar surface area (TPSA) is 37.3 Å². The van der Waals surface area contributed by atoms with Crippen LogP contribution in [0.5, 0.6) is 0 Å². The van der Waals surface area contributed by atoms with Crippen LogP contribution >= 0.6 is 0 Å². The number of aliphatic carboxylic acids is 1. The van der Waals surface area contributed by atoms with Crippen LogP contribution in [0.4, 0.5) is 0 Å². The molecule has 0 aliphatic heterocycles. The van der Waals surface area contributed by atoms with Crippen molar-refractivity contribution in [1.82, 2.24) is 0 Å². The van der Waals surface area contributed by atoms with E-state index in [2.05, 4.69) is 13.8 Å². The molecular formula is C13H26O2. The summed E-state index contributed by atoms with van der Waals surface area (Å²) in [6.45, 7) is 4.37. The number of hydrogen-bond donors (Lipinski definition) is 1. The van der Waals surface area contributed by atoms with Crippen molar-refractivity contribution >= 4 is 5.97 Å². The van der Waals surface area contributed by atoms with Gasteiger partial charge in [-0.1, -0.05) is 52.4 Å². The Morgan fingerprint density at radius 2 is 1.47 bits per heavy atom. The van der Waals surface area contributed by atoms with Gasteiger partial charge in [0.05, 0.1) is 0 Å². The molecular weight excluding hydrogens is 188 g/mol. The van der Waals surface area contributed by atoms with Gasteiger partial charge < -0.3 is 5.11 Å². The molecule has 0 unspecified atom stereocenters. The van der Waals surface area contributed by atoms with E-state index < -0.39 is 5.97 Å². The van der Waals surface area contributed by atoms with Crippen molar-refractivity contribution in [2.45, 2.75) is 71.6 Å². The van der Waals surface area contributed by atoms with Crippen LogP contribution in [0.1, 0.15) is 71.6 Å². The van der Waals surface area contributed by atoms with Crippen LogP contribution in [0.2, 0.25) is 0 Å². The van der Waals surface area contributed by atoms with Crippen LogP contribution in [0.15, 0.2) is 0 Å². The van der Waals surface area contributed by atoms with E-state index in [9.17, 15) is 4.79 Å². The highest BCUT2D eigenvalue weighted by Crippen LogP contribution is 2.20. The zero-order valence-electron chi connectivity index (χ0n) is 10.3. The summed E-state index contributed by atoms with van der Waals surface area (Å²) >= 11 is 0. The maximum atomic E-state index is 10.7. The zero-order valence-corrected chi connectivity index (χ0v) is 10.3. The second-order valence-corrected chi connectivity index (χ2v) is 4.46. The fraction of sp³-hybridized carbons (Fsp3) is 0.923. The minimum atomic E-state index is -0.631. The average molecular weight is 214 g/mol. The minimum absolute atomic E-state index is 0.368. The zero-order chi connectivity index (χ0) is 11.5. The predicted octanol–water partition coefficient (Wildman–Crippen LogP) is 4.24. The lowest BCUT2D eigenvalue weighted by molar-refractivity contribution is -0.138. The van der Waals surface area contributed by atoms with Gasteiger partial charge in [-0.3, -0.25) is 4.79 Å². The van der Waals surface area contributed by atoms with E-state index >= 15 is 0 Å². The first-order chi connectivity index (χ1) is 7.20. The Morgan fingerprint density at radius 3 is 1.80 bits per heavy atom. The first kappa shape index (κ1) is 14.5. The highest BCUT2D eigenvalue weighted by molar-refractivity contribution is 5.66. The van der Waals surface area contributed by atoms with Gasteiger partial charge in [-0.15, -0.1) is 0 Å². The van der Waals surface area contributed by atoms with Gasteiger partial charge in [-0.05, 0) is 18.8 Å². The number of carboxylic acids is 1. The highest BCUT2D eigenvalue weighted by atomic mass is 16.4. The molecule has 0 bridgehead atoms. The van der Waals surface area contributed by atoms with Gasteiger partial charge in [0.1, 0.15) is 0 Å². The molecule has 0 aromatic heterocycles. The maximum Gasteiger partial charge on any atom is 0.303 e. The summed E-state index contributed by atoms with van der Waals surface area (Å²) in [4.78, 5) is 10.7. The molecule has 0 aliphatic carbocycles. The van der Waals surface area contributed by atoms with Crippen molar-refractivity contribution in [2.24, 2.45) is 5.92 Å². The van der Waals surface area contributed by atoms with E-state index in [-0.39, 0.29) is 0 Å².